The summed E-state index contributed by atoms with van der Waals surface area (Å²) < 4.78 is 28.5. The van der Waals surface area contributed by atoms with E-state index in [-0.39, 0.29) is 57.5 Å². The highest BCUT2D eigenvalue weighted by Gasteiger charge is 2.37. The molecule has 0 amide bonds. The van der Waals surface area contributed by atoms with Gasteiger partial charge in [-0.1, -0.05) is 20.8 Å². The van der Waals surface area contributed by atoms with E-state index < -0.39 is 35.1 Å². The summed E-state index contributed by atoms with van der Waals surface area (Å²) in [7, 11) is 0. The highest BCUT2D eigenvalue weighted by atomic mass is 16.6. The number of ketones is 1. The molecule has 1 aliphatic rings. The predicted octanol–water partition coefficient (Wildman–Crippen LogP) is 5.29. The molecule has 0 saturated carbocycles. The van der Waals surface area contributed by atoms with Gasteiger partial charge >= 0.3 is 23.5 Å². The molecular formula is C31H36O10. The Balaban J connectivity index is 2.54. The molecular weight excluding hydrogens is 532 g/mol. The number of hydrogen-bond donors (Lipinski definition) is 0. The minimum atomic E-state index is -0.851. The molecule has 41 heavy (non-hydrogen) atoms. The van der Waals surface area contributed by atoms with Crippen LogP contribution in [0.15, 0.2) is 15.3 Å². The highest BCUT2D eigenvalue weighted by Crippen LogP contribution is 2.50. The van der Waals surface area contributed by atoms with E-state index in [0.717, 1.165) is 6.92 Å². The molecule has 0 fully saturated rings. The SMILES string of the molecule is CCc1oc(=O)c(Cc2c(OC(C)=O)c3c(c(C(=O)[C@@H](C)CC)c2OC(C)=O)OC(C)(C)C=C3)c(OC(C)=O)c1C. The lowest BCUT2D eigenvalue weighted by Crippen LogP contribution is -2.30. The number of fused-ring (bicyclic) bond motifs is 1. The third-order valence-electron chi connectivity index (χ3n) is 6.72. The maximum absolute atomic E-state index is 13.9. The number of carbonyl (C=O) groups is 4. The van der Waals surface area contributed by atoms with Crippen molar-refractivity contribution < 1.29 is 42.5 Å². The number of esters is 3. The van der Waals surface area contributed by atoms with Crippen LogP contribution in [0.3, 0.4) is 0 Å². The van der Waals surface area contributed by atoms with Gasteiger partial charge in [-0.25, -0.2) is 4.79 Å². The van der Waals surface area contributed by atoms with Gasteiger partial charge in [0.1, 0.15) is 34.2 Å². The Kier molecular flexibility index (Phi) is 9.26. The average Bonchev–Trinajstić information content (AvgIpc) is 2.87. The first kappa shape index (κ1) is 31.3. The van der Waals surface area contributed by atoms with E-state index in [1.165, 1.54) is 13.8 Å². The molecule has 0 N–H and O–H groups in total. The van der Waals surface area contributed by atoms with E-state index in [0.29, 0.717) is 24.2 Å². The third kappa shape index (κ3) is 6.58. The first-order valence-electron chi connectivity index (χ1n) is 13.5. The van der Waals surface area contributed by atoms with Crippen LogP contribution in [0.1, 0.15) is 100 Å². The summed E-state index contributed by atoms with van der Waals surface area (Å²) >= 11 is 0. The van der Waals surface area contributed by atoms with Crippen LogP contribution in [-0.4, -0.2) is 29.3 Å². The predicted molar refractivity (Wildman–Crippen MR) is 150 cm³/mol. The van der Waals surface area contributed by atoms with E-state index in [4.69, 9.17) is 23.4 Å². The Morgan fingerprint density at radius 2 is 1.46 bits per heavy atom. The first-order chi connectivity index (χ1) is 19.1. The van der Waals surface area contributed by atoms with Crippen molar-refractivity contribution in [3.05, 3.63) is 50.1 Å². The second kappa shape index (κ2) is 12.1. The van der Waals surface area contributed by atoms with Gasteiger partial charge in [0, 0.05) is 50.7 Å². The lowest BCUT2D eigenvalue weighted by molar-refractivity contribution is -0.133. The van der Waals surface area contributed by atoms with Crippen molar-refractivity contribution in [3.63, 3.8) is 0 Å². The molecule has 0 bridgehead atoms. The molecule has 1 atom stereocenters. The molecule has 0 aliphatic carbocycles. The molecule has 0 unspecified atom stereocenters. The summed E-state index contributed by atoms with van der Waals surface area (Å²) in [6.45, 7) is 14.1. The van der Waals surface area contributed by atoms with Crippen LogP contribution < -0.4 is 24.6 Å². The van der Waals surface area contributed by atoms with Crippen molar-refractivity contribution >= 4 is 29.8 Å². The lowest BCUT2D eigenvalue weighted by atomic mass is 9.87. The number of carbonyl (C=O) groups excluding carboxylic acids is 4. The Labute approximate surface area is 238 Å². The summed E-state index contributed by atoms with van der Waals surface area (Å²) in [5, 5.41) is 0. The molecule has 220 valence electrons. The number of hydrogen-bond acceptors (Lipinski definition) is 10. The van der Waals surface area contributed by atoms with Gasteiger partial charge in [0.25, 0.3) is 0 Å². The number of ether oxygens (including phenoxy) is 4. The van der Waals surface area contributed by atoms with Gasteiger partial charge in [-0.05, 0) is 39.3 Å². The van der Waals surface area contributed by atoms with E-state index in [9.17, 15) is 24.0 Å². The van der Waals surface area contributed by atoms with E-state index in [1.54, 1.807) is 46.8 Å². The minimum Gasteiger partial charge on any atom is -0.482 e. The van der Waals surface area contributed by atoms with Gasteiger partial charge in [0.15, 0.2) is 11.5 Å². The zero-order valence-electron chi connectivity index (χ0n) is 24.9. The van der Waals surface area contributed by atoms with Gasteiger partial charge in [0.05, 0.1) is 11.1 Å². The minimum absolute atomic E-state index is 0.0198. The molecule has 2 aromatic rings. The normalized spacial score (nSPS) is 14.0. The number of Topliss-reactive ketones (excluding diaryl/α,β-unsaturated/α-hetero) is 1. The Hall–Kier alpha value is -4.21. The second-order valence-electron chi connectivity index (χ2n) is 10.5. The molecule has 10 nitrogen and oxygen atoms in total. The Morgan fingerprint density at radius 1 is 0.902 bits per heavy atom. The van der Waals surface area contributed by atoms with E-state index >= 15 is 0 Å². The maximum atomic E-state index is 13.9. The third-order valence-corrected chi connectivity index (χ3v) is 6.72. The Bertz CT molecular complexity index is 1510. The van der Waals surface area contributed by atoms with Gasteiger partial charge in [-0.15, -0.1) is 0 Å². The summed E-state index contributed by atoms with van der Waals surface area (Å²) in [6.07, 6.45) is 3.86. The number of benzene rings is 1. The zero-order valence-corrected chi connectivity index (χ0v) is 24.9. The standard InChI is InChI=1S/C31H36O10/c1-10-15(3)25(35)24-28(39-19(7)34)21(27(38-18(6)33)20-12-13-31(8,9)41-29(20)24)14-22-26(37-17(5)32)16(4)23(11-2)40-30(22)36/h12-13,15H,10-11,14H2,1-9H3/t15-/m0/s1. The van der Waals surface area contributed by atoms with Crippen LogP contribution in [0.4, 0.5) is 0 Å². The van der Waals surface area contributed by atoms with Crippen LogP contribution in [0.25, 0.3) is 6.08 Å². The second-order valence-corrected chi connectivity index (χ2v) is 10.5. The van der Waals surface area contributed by atoms with Gasteiger partial charge in [-0.2, -0.15) is 0 Å². The molecule has 0 spiro atoms. The van der Waals surface area contributed by atoms with Gasteiger partial charge in [0.2, 0.25) is 0 Å². The monoisotopic (exact) mass is 568 g/mol. The fourth-order valence-electron chi connectivity index (χ4n) is 4.57. The number of rotatable bonds is 9. The summed E-state index contributed by atoms with van der Waals surface area (Å²) in [5.41, 5.74) is -1.02. The van der Waals surface area contributed by atoms with Crippen molar-refractivity contribution in [2.24, 2.45) is 5.92 Å². The molecule has 1 aliphatic heterocycles. The number of aryl methyl sites for hydroxylation is 1. The molecule has 10 heteroatoms. The molecule has 0 radical (unpaired) electrons. The van der Waals surface area contributed by atoms with Crippen LogP contribution >= 0.6 is 0 Å². The van der Waals surface area contributed by atoms with Crippen molar-refractivity contribution in [3.8, 4) is 23.0 Å². The molecule has 2 heterocycles. The van der Waals surface area contributed by atoms with Crippen molar-refractivity contribution in [2.45, 2.75) is 87.2 Å². The molecule has 1 aromatic carbocycles. The van der Waals surface area contributed by atoms with E-state index in [2.05, 4.69) is 0 Å². The van der Waals surface area contributed by atoms with Crippen LogP contribution in [0, 0.1) is 12.8 Å². The van der Waals surface area contributed by atoms with Crippen molar-refractivity contribution in [2.75, 3.05) is 0 Å². The highest BCUT2D eigenvalue weighted by molar-refractivity contribution is 6.06. The summed E-state index contributed by atoms with van der Waals surface area (Å²) in [4.78, 5) is 64.0. The maximum Gasteiger partial charge on any atom is 0.343 e. The smallest absolute Gasteiger partial charge is 0.343 e. The largest absolute Gasteiger partial charge is 0.482 e. The lowest BCUT2D eigenvalue weighted by Gasteiger charge is -2.32. The quantitative estimate of drug-likeness (QED) is 0.223. The topological polar surface area (TPSA) is 135 Å². The van der Waals surface area contributed by atoms with Crippen molar-refractivity contribution in [1.29, 1.82) is 0 Å². The fraction of sp³-hybridized carbons (Fsp3) is 0.452. The summed E-state index contributed by atoms with van der Waals surface area (Å²) in [5.74, 6) is -2.88. The molecule has 0 saturated heterocycles. The van der Waals surface area contributed by atoms with Crippen LogP contribution in [-0.2, 0) is 27.2 Å². The molecule has 1 aromatic heterocycles. The summed E-state index contributed by atoms with van der Waals surface area (Å²) in [6, 6.07) is 0. The average molecular weight is 569 g/mol. The van der Waals surface area contributed by atoms with Crippen LogP contribution in [0.2, 0.25) is 0 Å². The van der Waals surface area contributed by atoms with Gasteiger partial charge < -0.3 is 23.4 Å². The van der Waals surface area contributed by atoms with Crippen LogP contribution in [0.5, 0.6) is 23.0 Å². The van der Waals surface area contributed by atoms with E-state index in [1.807, 2.05) is 6.92 Å². The first-order valence-corrected chi connectivity index (χ1v) is 13.5. The van der Waals surface area contributed by atoms with Gasteiger partial charge in [-0.3, -0.25) is 19.2 Å². The molecule has 3 rings (SSSR count). The Morgan fingerprint density at radius 3 is 2.00 bits per heavy atom. The fourth-order valence-corrected chi connectivity index (χ4v) is 4.57. The van der Waals surface area contributed by atoms with Crippen molar-refractivity contribution in [1.82, 2.24) is 0 Å². The zero-order chi connectivity index (χ0) is 30.8.